The van der Waals surface area contributed by atoms with Crippen LogP contribution in [0.2, 0.25) is 0 Å². The number of rotatable bonds is 7. The van der Waals surface area contributed by atoms with Gasteiger partial charge in [0.25, 0.3) is 0 Å². The second-order valence-corrected chi connectivity index (χ2v) is 8.68. The number of likely N-dealkylation sites (tertiary alicyclic amines) is 1. The van der Waals surface area contributed by atoms with E-state index < -0.39 is 5.97 Å². The molecule has 2 unspecified atom stereocenters. The summed E-state index contributed by atoms with van der Waals surface area (Å²) >= 11 is 0. The molecule has 3 saturated heterocycles. The summed E-state index contributed by atoms with van der Waals surface area (Å²) in [6.07, 6.45) is 7.42. The van der Waals surface area contributed by atoms with Crippen LogP contribution in [-0.4, -0.2) is 64.7 Å². The minimum atomic E-state index is -0.703. The predicted octanol–water partition coefficient (Wildman–Crippen LogP) is 2.31. The number of carboxylic acid groups (broad SMARTS) is 1. The highest BCUT2D eigenvalue weighted by molar-refractivity contribution is 5.69. The molecule has 1 aromatic heterocycles. The van der Waals surface area contributed by atoms with Gasteiger partial charge in [-0.1, -0.05) is 6.92 Å². The zero-order valence-electron chi connectivity index (χ0n) is 16.2. The van der Waals surface area contributed by atoms with Gasteiger partial charge in [-0.15, -0.1) is 0 Å². The molecule has 4 aliphatic rings. The van der Waals surface area contributed by atoms with Gasteiger partial charge in [-0.3, -0.25) is 4.79 Å². The molecule has 2 bridgehead atoms. The molecular formula is C20H31N5O2. The molecule has 7 nitrogen and oxygen atoms in total. The van der Waals surface area contributed by atoms with Crippen LogP contribution in [0.4, 0.5) is 11.6 Å². The summed E-state index contributed by atoms with van der Waals surface area (Å²) in [4.78, 5) is 24.7. The van der Waals surface area contributed by atoms with Crippen LogP contribution in [0.3, 0.4) is 0 Å². The summed E-state index contributed by atoms with van der Waals surface area (Å²) in [5.74, 6) is 2.68. The van der Waals surface area contributed by atoms with Crippen molar-refractivity contribution in [2.24, 2.45) is 17.8 Å². The van der Waals surface area contributed by atoms with Gasteiger partial charge >= 0.3 is 5.97 Å². The van der Waals surface area contributed by atoms with Crippen LogP contribution >= 0.6 is 0 Å². The summed E-state index contributed by atoms with van der Waals surface area (Å²) in [6.45, 7) is 6.89. The molecule has 4 heterocycles. The molecule has 7 heteroatoms. The molecule has 4 fully saturated rings. The first-order valence-electron chi connectivity index (χ1n) is 10.4. The van der Waals surface area contributed by atoms with Crippen molar-refractivity contribution in [2.45, 2.75) is 45.1 Å². The maximum atomic E-state index is 11.0. The van der Waals surface area contributed by atoms with E-state index in [0.717, 1.165) is 69.0 Å². The van der Waals surface area contributed by atoms with Crippen LogP contribution < -0.4 is 10.2 Å². The van der Waals surface area contributed by atoms with Crippen molar-refractivity contribution in [3.05, 3.63) is 12.4 Å². The average Bonchev–Trinajstić information content (AvgIpc) is 2.66. The van der Waals surface area contributed by atoms with Crippen LogP contribution in [0.5, 0.6) is 0 Å². The first kappa shape index (κ1) is 18.5. The molecule has 1 saturated carbocycles. The van der Waals surface area contributed by atoms with Crippen molar-refractivity contribution in [3.8, 4) is 0 Å². The fourth-order valence-electron chi connectivity index (χ4n) is 4.74. The molecule has 0 amide bonds. The van der Waals surface area contributed by atoms with Crippen molar-refractivity contribution in [2.75, 3.05) is 42.9 Å². The number of aromatic nitrogens is 2. The summed E-state index contributed by atoms with van der Waals surface area (Å²) in [7, 11) is 0. The van der Waals surface area contributed by atoms with E-state index in [1.807, 2.05) is 0 Å². The number of piperidine rings is 3. The van der Waals surface area contributed by atoms with Crippen LogP contribution in [0.25, 0.3) is 0 Å². The molecule has 0 radical (unpaired) electrons. The largest absolute Gasteiger partial charge is 0.481 e. The first-order valence-corrected chi connectivity index (χ1v) is 10.4. The lowest BCUT2D eigenvalue weighted by atomic mass is 9.71. The summed E-state index contributed by atoms with van der Waals surface area (Å²) in [5.41, 5.74) is 0. The second-order valence-electron chi connectivity index (χ2n) is 8.68. The predicted molar refractivity (Wildman–Crippen MR) is 105 cm³/mol. The number of nitrogens with one attached hydrogen (secondary N) is 1. The normalized spacial score (nSPS) is 29.1. The maximum absolute atomic E-state index is 11.0. The third kappa shape index (κ3) is 4.51. The molecular weight excluding hydrogens is 342 g/mol. The molecule has 5 rings (SSSR count). The number of hydrogen-bond donors (Lipinski definition) is 2. The Bertz CT molecular complexity index is 654. The van der Waals surface area contributed by atoms with Crippen LogP contribution in [0.1, 0.15) is 39.0 Å². The molecule has 3 aliphatic heterocycles. The summed E-state index contributed by atoms with van der Waals surface area (Å²) in [6, 6.07) is 2.45. The van der Waals surface area contributed by atoms with Crippen LogP contribution in [-0.2, 0) is 4.79 Å². The van der Waals surface area contributed by atoms with Crippen molar-refractivity contribution in [1.82, 2.24) is 14.9 Å². The topological polar surface area (TPSA) is 81.6 Å². The van der Waals surface area contributed by atoms with E-state index in [1.54, 1.807) is 13.3 Å². The standard InChI is InChI=1S/C20H31N5O2/c1-14(20(26)27)4-6-24-5-2-3-17(12-24)23-18-9-19(22-13-21-18)25-10-15-7-16(8-15)11-25/h9,13-17H,2-8,10-12H2,1H3,(H,26,27)(H,21,22,23). The molecule has 0 aromatic carbocycles. The van der Waals surface area contributed by atoms with Crippen molar-refractivity contribution in [3.63, 3.8) is 0 Å². The Morgan fingerprint density at radius 3 is 2.81 bits per heavy atom. The second kappa shape index (κ2) is 8.00. The quantitative estimate of drug-likeness (QED) is 0.759. The molecule has 27 heavy (non-hydrogen) atoms. The molecule has 148 valence electrons. The van der Waals surface area contributed by atoms with E-state index in [9.17, 15) is 4.79 Å². The van der Waals surface area contributed by atoms with E-state index >= 15 is 0 Å². The number of carboxylic acids is 1. The van der Waals surface area contributed by atoms with E-state index in [1.165, 1.54) is 12.8 Å². The Hall–Kier alpha value is -1.89. The zero-order valence-corrected chi connectivity index (χ0v) is 16.2. The SMILES string of the molecule is CC(CCN1CCCC(Nc2cc(N3CC4CC(C4)C3)ncn2)C1)C(=O)O. The lowest BCUT2D eigenvalue weighted by Crippen LogP contribution is -2.49. The molecule has 2 N–H and O–H groups in total. The maximum Gasteiger partial charge on any atom is 0.306 e. The Morgan fingerprint density at radius 1 is 1.30 bits per heavy atom. The number of carbonyl (C=O) groups is 1. The number of fused-ring (bicyclic) bond motifs is 2. The number of aliphatic carboxylic acids is 1. The van der Waals surface area contributed by atoms with Crippen molar-refractivity contribution in [1.29, 1.82) is 0 Å². The Morgan fingerprint density at radius 2 is 2.07 bits per heavy atom. The monoisotopic (exact) mass is 373 g/mol. The minimum Gasteiger partial charge on any atom is -0.481 e. The van der Waals surface area contributed by atoms with Gasteiger partial charge in [0, 0.05) is 31.7 Å². The molecule has 1 aliphatic carbocycles. The van der Waals surface area contributed by atoms with Gasteiger partial charge in [0.2, 0.25) is 0 Å². The van der Waals surface area contributed by atoms with Gasteiger partial charge in [-0.05, 0) is 57.0 Å². The highest BCUT2D eigenvalue weighted by atomic mass is 16.4. The lowest BCUT2D eigenvalue weighted by molar-refractivity contribution is -0.141. The van der Waals surface area contributed by atoms with Gasteiger partial charge in [0.1, 0.15) is 18.0 Å². The van der Waals surface area contributed by atoms with Gasteiger partial charge < -0.3 is 20.2 Å². The Kier molecular flexibility index (Phi) is 5.48. The van der Waals surface area contributed by atoms with E-state index in [0.29, 0.717) is 12.5 Å². The van der Waals surface area contributed by atoms with Gasteiger partial charge in [0.05, 0.1) is 5.92 Å². The fourth-order valence-corrected chi connectivity index (χ4v) is 4.74. The summed E-state index contributed by atoms with van der Waals surface area (Å²) in [5, 5.41) is 12.6. The van der Waals surface area contributed by atoms with Gasteiger partial charge in [-0.25, -0.2) is 9.97 Å². The van der Waals surface area contributed by atoms with Gasteiger partial charge in [-0.2, -0.15) is 0 Å². The smallest absolute Gasteiger partial charge is 0.306 e. The van der Waals surface area contributed by atoms with E-state index in [4.69, 9.17) is 5.11 Å². The van der Waals surface area contributed by atoms with Crippen molar-refractivity contribution < 1.29 is 9.90 Å². The first-order chi connectivity index (χ1) is 13.1. The van der Waals surface area contributed by atoms with E-state index in [-0.39, 0.29) is 5.92 Å². The highest BCUT2D eigenvalue weighted by Crippen LogP contribution is 2.40. The Labute approximate surface area is 161 Å². The Balaban J connectivity index is 1.30. The number of anilines is 2. The fraction of sp³-hybridized carbons (Fsp3) is 0.750. The van der Waals surface area contributed by atoms with Crippen LogP contribution in [0.15, 0.2) is 12.4 Å². The zero-order chi connectivity index (χ0) is 18.8. The average molecular weight is 374 g/mol. The molecule has 1 aromatic rings. The summed E-state index contributed by atoms with van der Waals surface area (Å²) < 4.78 is 0. The highest BCUT2D eigenvalue weighted by Gasteiger charge is 2.37. The van der Waals surface area contributed by atoms with Crippen LogP contribution in [0, 0.1) is 17.8 Å². The molecule has 2 atom stereocenters. The third-order valence-corrected chi connectivity index (χ3v) is 6.42. The number of hydrogen-bond acceptors (Lipinski definition) is 6. The number of nitrogens with zero attached hydrogens (tertiary/aromatic N) is 4. The lowest BCUT2D eigenvalue weighted by Gasteiger charge is -2.47. The minimum absolute atomic E-state index is 0.279. The van der Waals surface area contributed by atoms with E-state index in [2.05, 4.69) is 31.2 Å². The third-order valence-electron chi connectivity index (χ3n) is 6.42. The van der Waals surface area contributed by atoms with Crippen molar-refractivity contribution >= 4 is 17.6 Å². The molecule has 0 spiro atoms. The van der Waals surface area contributed by atoms with Gasteiger partial charge in [0.15, 0.2) is 0 Å².